The molecule has 2 aromatic heterocycles. The van der Waals surface area contributed by atoms with Crippen LogP contribution in [0, 0.1) is 5.82 Å². The third-order valence-electron chi connectivity index (χ3n) is 5.62. The van der Waals surface area contributed by atoms with E-state index >= 15 is 0 Å². The van der Waals surface area contributed by atoms with Crippen molar-refractivity contribution in [1.29, 1.82) is 0 Å². The van der Waals surface area contributed by atoms with Crippen molar-refractivity contribution in [3.05, 3.63) is 82.2 Å². The molecule has 0 aliphatic carbocycles. The zero-order chi connectivity index (χ0) is 21.4. The molecule has 1 saturated heterocycles. The molecule has 0 bridgehead atoms. The molecule has 0 radical (unpaired) electrons. The van der Waals surface area contributed by atoms with Gasteiger partial charge in [-0.3, -0.25) is 14.1 Å². The summed E-state index contributed by atoms with van der Waals surface area (Å²) in [6, 6.07) is 13.6. The lowest BCUT2D eigenvalue weighted by atomic mass is 10.1. The third-order valence-corrected chi connectivity index (χ3v) is 6.70. The molecule has 5 rings (SSSR count). The second-order valence-electron chi connectivity index (χ2n) is 7.52. The fraction of sp³-hybridized carbons (Fsp3) is 0.217. The van der Waals surface area contributed by atoms with Gasteiger partial charge in [0.15, 0.2) is 4.96 Å². The molecule has 2 aromatic carbocycles. The number of nitrogens with zero attached hydrogens (tertiary/aromatic N) is 4. The molecule has 1 aliphatic heterocycles. The standard InChI is InChI=1S/C23H20ClFN4OS/c24-19-4-2-1-3-18(19)22(30)28-11-9-27(10-12-28)15-20-21(16-5-7-17(25)8-6-16)26-23-29(20)13-14-31-23/h1-8,13-14H,9-12,15H2. The Labute approximate surface area is 188 Å². The summed E-state index contributed by atoms with van der Waals surface area (Å²) >= 11 is 7.78. The summed E-state index contributed by atoms with van der Waals surface area (Å²) in [7, 11) is 0. The van der Waals surface area contributed by atoms with Crippen molar-refractivity contribution in [3.63, 3.8) is 0 Å². The van der Waals surface area contributed by atoms with Gasteiger partial charge in [0.2, 0.25) is 0 Å². The minimum atomic E-state index is -0.259. The number of hydrogen-bond acceptors (Lipinski definition) is 4. The number of halogens is 2. The zero-order valence-electron chi connectivity index (χ0n) is 16.7. The van der Waals surface area contributed by atoms with E-state index < -0.39 is 0 Å². The van der Waals surface area contributed by atoms with Gasteiger partial charge in [-0.15, -0.1) is 11.3 Å². The molecule has 0 N–H and O–H groups in total. The predicted molar refractivity (Wildman–Crippen MR) is 121 cm³/mol. The van der Waals surface area contributed by atoms with Crippen LogP contribution in [-0.4, -0.2) is 51.3 Å². The number of amides is 1. The van der Waals surface area contributed by atoms with Crippen LogP contribution in [-0.2, 0) is 6.54 Å². The maximum Gasteiger partial charge on any atom is 0.255 e. The number of piperazine rings is 1. The summed E-state index contributed by atoms with van der Waals surface area (Å²) in [5, 5.41) is 2.50. The van der Waals surface area contributed by atoms with Gasteiger partial charge < -0.3 is 4.90 Å². The Morgan fingerprint density at radius 3 is 2.55 bits per heavy atom. The molecule has 158 valence electrons. The first-order valence-electron chi connectivity index (χ1n) is 10.1. The molecule has 0 saturated carbocycles. The van der Waals surface area contributed by atoms with Crippen LogP contribution >= 0.6 is 22.9 Å². The van der Waals surface area contributed by atoms with Crippen molar-refractivity contribution in [2.75, 3.05) is 26.2 Å². The van der Waals surface area contributed by atoms with Crippen LogP contribution in [0.1, 0.15) is 16.1 Å². The van der Waals surface area contributed by atoms with Crippen molar-refractivity contribution in [1.82, 2.24) is 19.2 Å². The van der Waals surface area contributed by atoms with E-state index in [0.717, 1.165) is 35.0 Å². The van der Waals surface area contributed by atoms with Crippen LogP contribution in [0.25, 0.3) is 16.2 Å². The molecule has 5 nitrogen and oxygen atoms in total. The number of carbonyl (C=O) groups is 1. The van der Waals surface area contributed by atoms with E-state index in [9.17, 15) is 9.18 Å². The van der Waals surface area contributed by atoms with E-state index in [4.69, 9.17) is 16.6 Å². The third kappa shape index (κ3) is 3.96. The Kier molecular flexibility index (Phi) is 5.48. The van der Waals surface area contributed by atoms with Crippen molar-refractivity contribution < 1.29 is 9.18 Å². The second-order valence-corrected chi connectivity index (χ2v) is 8.80. The van der Waals surface area contributed by atoms with Gasteiger partial charge in [0, 0.05) is 49.9 Å². The molecule has 1 amide bonds. The molecular weight excluding hydrogens is 435 g/mol. The first-order valence-corrected chi connectivity index (χ1v) is 11.3. The van der Waals surface area contributed by atoms with E-state index in [1.165, 1.54) is 12.1 Å². The summed E-state index contributed by atoms with van der Waals surface area (Å²) < 4.78 is 15.5. The lowest BCUT2D eigenvalue weighted by Gasteiger charge is -2.34. The number of fused-ring (bicyclic) bond motifs is 1. The molecule has 0 unspecified atom stereocenters. The molecule has 0 spiro atoms. The molecule has 3 heterocycles. The van der Waals surface area contributed by atoms with Gasteiger partial charge in [-0.05, 0) is 36.4 Å². The van der Waals surface area contributed by atoms with Crippen LogP contribution in [0.15, 0.2) is 60.1 Å². The molecule has 0 atom stereocenters. The van der Waals surface area contributed by atoms with Crippen LogP contribution in [0.5, 0.6) is 0 Å². The average molecular weight is 455 g/mol. The van der Waals surface area contributed by atoms with Gasteiger partial charge >= 0.3 is 0 Å². The van der Waals surface area contributed by atoms with Gasteiger partial charge in [0.05, 0.1) is 22.0 Å². The second kappa shape index (κ2) is 8.42. The number of benzene rings is 2. The van der Waals surface area contributed by atoms with E-state index in [1.807, 2.05) is 28.6 Å². The van der Waals surface area contributed by atoms with E-state index in [2.05, 4.69) is 9.30 Å². The zero-order valence-corrected chi connectivity index (χ0v) is 18.2. The highest BCUT2D eigenvalue weighted by molar-refractivity contribution is 7.15. The van der Waals surface area contributed by atoms with E-state index in [0.29, 0.717) is 30.2 Å². The summed E-state index contributed by atoms with van der Waals surface area (Å²) in [5.74, 6) is -0.285. The van der Waals surface area contributed by atoms with Crippen LogP contribution in [0.2, 0.25) is 5.02 Å². The normalized spacial score (nSPS) is 15.0. The van der Waals surface area contributed by atoms with Gasteiger partial charge in [-0.1, -0.05) is 23.7 Å². The highest BCUT2D eigenvalue weighted by atomic mass is 35.5. The molecule has 1 aliphatic rings. The number of hydrogen-bond donors (Lipinski definition) is 0. The lowest BCUT2D eigenvalue weighted by molar-refractivity contribution is 0.0627. The SMILES string of the molecule is O=C(c1ccccc1Cl)N1CCN(Cc2c(-c3ccc(F)cc3)nc3sccn23)CC1. The quantitative estimate of drug-likeness (QED) is 0.444. The Balaban J connectivity index is 1.33. The smallest absolute Gasteiger partial charge is 0.255 e. The van der Waals surface area contributed by atoms with E-state index in [-0.39, 0.29) is 11.7 Å². The van der Waals surface area contributed by atoms with Crippen LogP contribution in [0.4, 0.5) is 4.39 Å². The van der Waals surface area contributed by atoms with Crippen molar-refractivity contribution >= 4 is 33.8 Å². The summed E-state index contributed by atoms with van der Waals surface area (Å²) in [5.41, 5.74) is 3.40. The monoisotopic (exact) mass is 454 g/mol. The van der Waals surface area contributed by atoms with Crippen molar-refractivity contribution in [2.24, 2.45) is 0 Å². The van der Waals surface area contributed by atoms with Gasteiger partial charge in [0.1, 0.15) is 5.82 Å². The summed E-state index contributed by atoms with van der Waals surface area (Å²) in [6.45, 7) is 3.51. The number of thiazole rings is 1. The summed E-state index contributed by atoms with van der Waals surface area (Å²) in [6.07, 6.45) is 2.02. The number of carbonyl (C=O) groups excluding carboxylic acids is 1. The van der Waals surface area contributed by atoms with Crippen molar-refractivity contribution in [3.8, 4) is 11.3 Å². The highest BCUT2D eigenvalue weighted by Crippen LogP contribution is 2.28. The maximum absolute atomic E-state index is 13.4. The predicted octanol–water partition coefficient (Wildman–Crippen LogP) is 4.81. The number of rotatable bonds is 4. The Morgan fingerprint density at radius 1 is 1.06 bits per heavy atom. The minimum absolute atomic E-state index is 0.0261. The number of aromatic nitrogens is 2. The fourth-order valence-corrected chi connectivity index (χ4v) is 4.90. The highest BCUT2D eigenvalue weighted by Gasteiger charge is 2.25. The average Bonchev–Trinajstić information content (AvgIpc) is 3.37. The van der Waals surface area contributed by atoms with Gasteiger partial charge in [-0.25, -0.2) is 9.37 Å². The minimum Gasteiger partial charge on any atom is -0.336 e. The Hall–Kier alpha value is -2.74. The first-order chi connectivity index (χ1) is 15.1. The fourth-order valence-electron chi connectivity index (χ4n) is 3.95. The molecule has 1 fully saturated rings. The number of imidazole rings is 1. The molecule has 8 heteroatoms. The Morgan fingerprint density at radius 2 is 1.81 bits per heavy atom. The first kappa shape index (κ1) is 20.2. The lowest BCUT2D eigenvalue weighted by Crippen LogP contribution is -2.48. The van der Waals surface area contributed by atoms with Crippen LogP contribution in [0.3, 0.4) is 0 Å². The molecule has 31 heavy (non-hydrogen) atoms. The maximum atomic E-state index is 13.4. The summed E-state index contributed by atoms with van der Waals surface area (Å²) in [4.78, 5) is 22.7. The Bertz CT molecular complexity index is 1230. The van der Waals surface area contributed by atoms with Crippen LogP contribution < -0.4 is 0 Å². The largest absolute Gasteiger partial charge is 0.336 e. The van der Waals surface area contributed by atoms with Crippen molar-refractivity contribution in [2.45, 2.75) is 6.54 Å². The van der Waals surface area contributed by atoms with E-state index in [1.54, 1.807) is 35.6 Å². The topological polar surface area (TPSA) is 40.9 Å². The van der Waals surface area contributed by atoms with Gasteiger partial charge in [0.25, 0.3) is 5.91 Å². The molecule has 4 aromatic rings. The molecular formula is C23H20ClFN4OS. The van der Waals surface area contributed by atoms with Gasteiger partial charge in [-0.2, -0.15) is 0 Å².